The summed E-state index contributed by atoms with van der Waals surface area (Å²) in [5.41, 5.74) is 0.159. The number of halogens is 5. The van der Waals surface area contributed by atoms with Gasteiger partial charge in [-0.3, -0.25) is 14.5 Å². The average molecular weight is 385 g/mol. The van der Waals surface area contributed by atoms with Gasteiger partial charge in [0.1, 0.15) is 0 Å². The van der Waals surface area contributed by atoms with E-state index in [1.54, 1.807) is 6.07 Å². The molecule has 1 heterocycles. The van der Waals surface area contributed by atoms with Crippen molar-refractivity contribution >= 4 is 40.8 Å². The molecule has 1 fully saturated rings. The molecular formula is C14H13Cl2F3N2O3. The van der Waals surface area contributed by atoms with Crippen molar-refractivity contribution in [3.8, 4) is 0 Å². The van der Waals surface area contributed by atoms with Crippen molar-refractivity contribution in [2.24, 2.45) is 11.8 Å². The number of rotatable bonds is 4. The van der Waals surface area contributed by atoms with Gasteiger partial charge in [0, 0.05) is 13.1 Å². The molecule has 2 rings (SSSR count). The maximum Gasteiger partial charge on any atom is 0.393 e. The lowest BCUT2D eigenvalue weighted by molar-refractivity contribution is -0.188. The molecule has 0 radical (unpaired) electrons. The number of aliphatic carboxylic acids is 1. The van der Waals surface area contributed by atoms with Crippen molar-refractivity contribution in [2.75, 3.05) is 25.0 Å². The van der Waals surface area contributed by atoms with Crippen LogP contribution in [0.15, 0.2) is 18.2 Å². The Hall–Kier alpha value is -1.51. The number of hydrogen-bond acceptors (Lipinski definition) is 3. The standard InChI is InChI=1S/C14H13Cl2F3N2O3/c15-9-2-1-3-10(16)12(9)20-11(22)6-21-4-7(13(23)24)8(5-21)14(17,18)19/h1-3,7-8H,4-6H2,(H,20,22)(H,23,24)/t7-,8-/m1/s1. The van der Waals surface area contributed by atoms with Crippen LogP contribution in [0.5, 0.6) is 0 Å². The highest BCUT2D eigenvalue weighted by Crippen LogP contribution is 2.37. The topological polar surface area (TPSA) is 69.6 Å². The second-order valence-electron chi connectivity index (χ2n) is 5.43. The largest absolute Gasteiger partial charge is 0.481 e. The first-order valence-electron chi connectivity index (χ1n) is 6.85. The Morgan fingerprint density at radius 1 is 1.25 bits per heavy atom. The third-order valence-corrected chi connectivity index (χ3v) is 4.36. The van der Waals surface area contributed by atoms with E-state index >= 15 is 0 Å². The molecule has 0 saturated carbocycles. The van der Waals surface area contributed by atoms with Crippen LogP contribution in [0.2, 0.25) is 10.0 Å². The number of nitrogens with zero attached hydrogens (tertiary/aromatic N) is 1. The number of carboxylic acid groups (broad SMARTS) is 1. The first kappa shape index (κ1) is 18.8. The molecule has 1 aliphatic rings. The fourth-order valence-electron chi connectivity index (χ4n) is 2.60. The lowest BCUT2D eigenvalue weighted by Gasteiger charge is -2.18. The molecule has 10 heteroatoms. The van der Waals surface area contributed by atoms with E-state index in [9.17, 15) is 22.8 Å². The maximum absolute atomic E-state index is 12.9. The summed E-state index contributed by atoms with van der Waals surface area (Å²) >= 11 is 11.8. The zero-order valence-corrected chi connectivity index (χ0v) is 13.6. The fraction of sp³-hybridized carbons (Fsp3) is 0.429. The normalized spacial score (nSPS) is 21.7. The van der Waals surface area contributed by atoms with Gasteiger partial charge >= 0.3 is 12.1 Å². The Kier molecular flexibility index (Phi) is 5.62. The third kappa shape index (κ3) is 4.31. The van der Waals surface area contributed by atoms with E-state index in [2.05, 4.69) is 5.32 Å². The minimum atomic E-state index is -4.64. The van der Waals surface area contributed by atoms with Crippen LogP contribution in [-0.4, -0.2) is 47.7 Å². The smallest absolute Gasteiger partial charge is 0.393 e. The van der Waals surface area contributed by atoms with E-state index in [0.717, 1.165) is 4.90 Å². The van der Waals surface area contributed by atoms with Gasteiger partial charge < -0.3 is 10.4 Å². The highest BCUT2D eigenvalue weighted by atomic mass is 35.5. The van der Waals surface area contributed by atoms with Crippen LogP contribution in [0.1, 0.15) is 0 Å². The number of carboxylic acids is 1. The summed E-state index contributed by atoms with van der Waals surface area (Å²) in [5.74, 6) is -5.76. The van der Waals surface area contributed by atoms with E-state index in [4.69, 9.17) is 28.3 Å². The second kappa shape index (κ2) is 7.16. The van der Waals surface area contributed by atoms with Crippen LogP contribution in [0.25, 0.3) is 0 Å². The van der Waals surface area contributed by atoms with Crippen LogP contribution in [0.3, 0.4) is 0 Å². The summed E-state index contributed by atoms with van der Waals surface area (Å²) in [6.07, 6.45) is -4.64. The molecule has 1 aromatic rings. The summed E-state index contributed by atoms with van der Waals surface area (Å²) in [7, 11) is 0. The molecule has 1 saturated heterocycles. The molecule has 0 bridgehead atoms. The van der Waals surface area contributed by atoms with E-state index < -0.39 is 43.0 Å². The molecule has 2 atom stereocenters. The molecule has 0 spiro atoms. The second-order valence-corrected chi connectivity index (χ2v) is 6.25. The number of carbonyl (C=O) groups excluding carboxylic acids is 1. The Morgan fingerprint density at radius 2 is 1.83 bits per heavy atom. The number of alkyl halides is 3. The predicted molar refractivity (Wildman–Crippen MR) is 82.2 cm³/mol. The first-order chi connectivity index (χ1) is 11.1. The van der Waals surface area contributed by atoms with Gasteiger partial charge in [-0.05, 0) is 12.1 Å². The van der Waals surface area contributed by atoms with Gasteiger partial charge in [-0.2, -0.15) is 13.2 Å². The van der Waals surface area contributed by atoms with Crippen LogP contribution in [0.4, 0.5) is 18.9 Å². The van der Waals surface area contributed by atoms with Crippen LogP contribution < -0.4 is 5.32 Å². The molecule has 0 aliphatic carbocycles. The van der Waals surface area contributed by atoms with E-state index in [0.29, 0.717) is 0 Å². The van der Waals surface area contributed by atoms with E-state index in [-0.39, 0.29) is 22.3 Å². The average Bonchev–Trinajstić information content (AvgIpc) is 2.87. The van der Waals surface area contributed by atoms with Gasteiger partial charge in [-0.15, -0.1) is 0 Å². The number of amides is 1. The minimum Gasteiger partial charge on any atom is -0.481 e. The van der Waals surface area contributed by atoms with Gasteiger partial charge in [0.2, 0.25) is 5.91 Å². The van der Waals surface area contributed by atoms with Gasteiger partial charge in [0.15, 0.2) is 0 Å². The first-order valence-corrected chi connectivity index (χ1v) is 7.61. The summed E-state index contributed by atoms with van der Waals surface area (Å²) in [4.78, 5) is 24.2. The summed E-state index contributed by atoms with van der Waals surface area (Å²) in [5, 5.41) is 11.8. The number of nitrogens with one attached hydrogen (secondary N) is 1. The van der Waals surface area contributed by atoms with Gasteiger partial charge in [-0.1, -0.05) is 29.3 Å². The van der Waals surface area contributed by atoms with Crippen LogP contribution in [0, 0.1) is 11.8 Å². The molecule has 2 N–H and O–H groups in total. The highest BCUT2D eigenvalue weighted by Gasteiger charge is 2.52. The summed E-state index contributed by atoms with van der Waals surface area (Å²) in [6.45, 7) is -1.30. The molecule has 0 aromatic heterocycles. The Balaban J connectivity index is 2.04. The lowest BCUT2D eigenvalue weighted by atomic mass is 9.96. The van der Waals surface area contributed by atoms with Gasteiger partial charge in [-0.25, -0.2) is 0 Å². The zero-order valence-electron chi connectivity index (χ0n) is 12.1. The van der Waals surface area contributed by atoms with E-state index in [1.807, 2.05) is 0 Å². The highest BCUT2D eigenvalue weighted by molar-refractivity contribution is 6.39. The number of likely N-dealkylation sites (tertiary alicyclic amines) is 1. The quantitative estimate of drug-likeness (QED) is 0.836. The molecule has 1 amide bonds. The number of anilines is 1. The predicted octanol–water partition coefficient (Wildman–Crippen LogP) is 3.13. The zero-order chi connectivity index (χ0) is 18.1. The molecule has 24 heavy (non-hydrogen) atoms. The number of hydrogen-bond donors (Lipinski definition) is 2. The molecular weight excluding hydrogens is 372 g/mol. The Labute approximate surface area is 145 Å². The molecule has 132 valence electrons. The maximum atomic E-state index is 12.9. The van der Waals surface area contributed by atoms with Crippen molar-refractivity contribution in [3.05, 3.63) is 28.2 Å². The van der Waals surface area contributed by atoms with E-state index in [1.165, 1.54) is 12.1 Å². The van der Waals surface area contributed by atoms with Crippen molar-refractivity contribution in [1.29, 1.82) is 0 Å². The SMILES string of the molecule is O=C(CN1C[C@@H](C(F)(F)F)[C@H](C(=O)O)C1)Nc1c(Cl)cccc1Cl. The van der Waals surface area contributed by atoms with Crippen molar-refractivity contribution < 1.29 is 27.9 Å². The molecule has 5 nitrogen and oxygen atoms in total. The van der Waals surface area contributed by atoms with Crippen molar-refractivity contribution in [1.82, 2.24) is 4.90 Å². The number of benzene rings is 1. The Morgan fingerprint density at radius 3 is 2.29 bits per heavy atom. The monoisotopic (exact) mass is 384 g/mol. The molecule has 0 unspecified atom stereocenters. The van der Waals surface area contributed by atoms with Gasteiger partial charge in [0.05, 0.1) is 34.1 Å². The number of carbonyl (C=O) groups is 2. The van der Waals surface area contributed by atoms with Crippen LogP contribution in [-0.2, 0) is 9.59 Å². The molecule has 1 aliphatic heterocycles. The minimum absolute atomic E-state index is 0.159. The third-order valence-electron chi connectivity index (χ3n) is 3.73. The van der Waals surface area contributed by atoms with Crippen molar-refractivity contribution in [2.45, 2.75) is 6.18 Å². The van der Waals surface area contributed by atoms with Crippen LogP contribution >= 0.6 is 23.2 Å². The van der Waals surface area contributed by atoms with Gasteiger partial charge in [0.25, 0.3) is 0 Å². The fourth-order valence-corrected chi connectivity index (χ4v) is 3.09. The number of para-hydroxylation sites is 1. The lowest BCUT2D eigenvalue weighted by Crippen LogP contribution is -2.34. The summed E-state index contributed by atoms with van der Waals surface area (Å²) < 4.78 is 38.7. The van der Waals surface area contributed by atoms with Crippen molar-refractivity contribution in [3.63, 3.8) is 0 Å². The molecule has 1 aromatic carbocycles. The Bertz CT molecular complexity index is 634. The summed E-state index contributed by atoms with van der Waals surface area (Å²) in [6, 6.07) is 4.57.